The van der Waals surface area contributed by atoms with E-state index in [0.717, 1.165) is 18.5 Å². The van der Waals surface area contributed by atoms with Gasteiger partial charge < -0.3 is 9.32 Å². The van der Waals surface area contributed by atoms with E-state index in [0.29, 0.717) is 11.6 Å². The molecule has 18 heavy (non-hydrogen) atoms. The van der Waals surface area contributed by atoms with Crippen molar-refractivity contribution in [1.82, 2.24) is 9.47 Å². The van der Waals surface area contributed by atoms with E-state index in [1.165, 1.54) is 5.56 Å². The van der Waals surface area contributed by atoms with Gasteiger partial charge in [0.2, 0.25) is 0 Å². The van der Waals surface area contributed by atoms with Crippen LogP contribution in [0.25, 0.3) is 11.1 Å². The lowest BCUT2D eigenvalue weighted by molar-refractivity contribution is 0.277. The second-order valence-corrected chi connectivity index (χ2v) is 5.05. The fraction of sp³-hybridized carbons (Fsp3) is 0.500. The molecule has 1 aromatic heterocycles. The lowest BCUT2D eigenvalue weighted by Crippen LogP contribution is -2.28. The number of rotatable bonds is 4. The van der Waals surface area contributed by atoms with Crippen molar-refractivity contribution in [2.75, 3.05) is 13.6 Å². The van der Waals surface area contributed by atoms with E-state index in [4.69, 9.17) is 4.42 Å². The molecule has 2 rings (SSSR count). The zero-order valence-electron chi connectivity index (χ0n) is 11.4. The Labute approximate surface area is 107 Å². The van der Waals surface area contributed by atoms with Crippen molar-refractivity contribution in [2.45, 2.75) is 26.3 Å². The molecule has 0 aliphatic rings. The number of fused-ring (bicyclic) bond motifs is 1. The van der Waals surface area contributed by atoms with Crippen LogP contribution in [0.2, 0.25) is 0 Å². The Morgan fingerprint density at radius 1 is 1.39 bits per heavy atom. The number of nitrogens with zero attached hydrogens (tertiary/aromatic N) is 2. The Morgan fingerprint density at radius 3 is 2.78 bits per heavy atom. The molecule has 0 radical (unpaired) electrons. The zero-order chi connectivity index (χ0) is 13.3. The van der Waals surface area contributed by atoms with Crippen LogP contribution in [0, 0.1) is 0 Å². The van der Waals surface area contributed by atoms with Crippen molar-refractivity contribution >= 4 is 11.1 Å². The lowest BCUT2D eigenvalue weighted by Gasteiger charge is -2.20. The van der Waals surface area contributed by atoms with E-state index in [1.807, 2.05) is 18.2 Å². The highest BCUT2D eigenvalue weighted by molar-refractivity contribution is 5.73. The van der Waals surface area contributed by atoms with Gasteiger partial charge in [0.25, 0.3) is 0 Å². The van der Waals surface area contributed by atoms with Crippen molar-refractivity contribution in [3.8, 4) is 0 Å². The van der Waals surface area contributed by atoms with Crippen molar-refractivity contribution in [3.63, 3.8) is 0 Å². The van der Waals surface area contributed by atoms with E-state index in [2.05, 4.69) is 25.8 Å². The predicted octanol–water partition coefficient (Wildman–Crippen LogP) is 2.01. The third-order valence-electron chi connectivity index (χ3n) is 3.49. The lowest BCUT2D eigenvalue weighted by atomic mass is 10.1. The fourth-order valence-corrected chi connectivity index (χ4v) is 1.89. The highest BCUT2D eigenvalue weighted by atomic mass is 16.4. The molecule has 1 aromatic carbocycles. The molecule has 0 aliphatic carbocycles. The van der Waals surface area contributed by atoms with Crippen molar-refractivity contribution < 1.29 is 4.42 Å². The first-order chi connectivity index (χ1) is 8.49. The van der Waals surface area contributed by atoms with Crippen LogP contribution in [0.15, 0.2) is 27.4 Å². The van der Waals surface area contributed by atoms with Crippen molar-refractivity contribution in [1.29, 1.82) is 0 Å². The molecule has 4 nitrogen and oxygen atoms in total. The van der Waals surface area contributed by atoms with Crippen LogP contribution in [0.4, 0.5) is 0 Å². The first-order valence-corrected chi connectivity index (χ1v) is 6.27. The summed E-state index contributed by atoms with van der Waals surface area (Å²) in [5.74, 6) is -0.304. The highest BCUT2D eigenvalue weighted by Crippen LogP contribution is 2.15. The third kappa shape index (κ3) is 2.48. The molecule has 4 heteroatoms. The summed E-state index contributed by atoms with van der Waals surface area (Å²) in [7, 11) is 3.86. The molecular weight excluding hydrogens is 228 g/mol. The molecular formula is C14H20N2O2. The SMILES string of the molecule is CC(C)N(C)CCc1ccc2oc(=O)n(C)c2c1. The number of aryl methyl sites for hydroxylation is 1. The number of hydrogen-bond donors (Lipinski definition) is 0. The standard InChI is InChI=1S/C14H20N2O2/c1-10(2)15(3)8-7-11-5-6-13-12(9-11)16(4)14(17)18-13/h5-6,9-10H,7-8H2,1-4H3. The average Bonchev–Trinajstić information content (AvgIpc) is 2.62. The summed E-state index contributed by atoms with van der Waals surface area (Å²) in [4.78, 5) is 13.7. The molecule has 1 heterocycles. The molecule has 0 N–H and O–H groups in total. The number of hydrogen-bond acceptors (Lipinski definition) is 3. The number of benzene rings is 1. The molecule has 98 valence electrons. The van der Waals surface area contributed by atoms with Crippen LogP contribution in [0.3, 0.4) is 0 Å². The first kappa shape index (κ1) is 12.9. The minimum absolute atomic E-state index is 0.304. The molecule has 0 spiro atoms. The molecule has 0 atom stereocenters. The minimum Gasteiger partial charge on any atom is -0.408 e. The predicted molar refractivity (Wildman–Crippen MR) is 72.9 cm³/mol. The Bertz CT molecular complexity index is 595. The minimum atomic E-state index is -0.304. The largest absolute Gasteiger partial charge is 0.419 e. The summed E-state index contributed by atoms with van der Waals surface area (Å²) < 4.78 is 6.66. The second kappa shape index (κ2) is 4.98. The summed E-state index contributed by atoms with van der Waals surface area (Å²) >= 11 is 0. The molecule has 0 saturated carbocycles. The molecule has 0 saturated heterocycles. The molecule has 0 bridgehead atoms. The van der Waals surface area contributed by atoms with Crippen LogP contribution in [0.1, 0.15) is 19.4 Å². The van der Waals surface area contributed by atoms with Gasteiger partial charge in [0, 0.05) is 19.6 Å². The monoisotopic (exact) mass is 248 g/mol. The second-order valence-electron chi connectivity index (χ2n) is 5.05. The van der Waals surface area contributed by atoms with E-state index in [9.17, 15) is 4.79 Å². The fourth-order valence-electron chi connectivity index (χ4n) is 1.89. The summed E-state index contributed by atoms with van der Waals surface area (Å²) in [5, 5.41) is 0. The average molecular weight is 248 g/mol. The summed E-state index contributed by atoms with van der Waals surface area (Å²) in [5.41, 5.74) is 2.75. The van der Waals surface area contributed by atoms with Gasteiger partial charge in [-0.05, 0) is 45.0 Å². The van der Waals surface area contributed by atoms with Gasteiger partial charge in [0.1, 0.15) is 0 Å². The molecule has 0 amide bonds. The van der Waals surface area contributed by atoms with E-state index in [-0.39, 0.29) is 5.76 Å². The van der Waals surface area contributed by atoms with Gasteiger partial charge >= 0.3 is 5.76 Å². The van der Waals surface area contributed by atoms with E-state index >= 15 is 0 Å². The molecule has 0 fully saturated rings. The van der Waals surface area contributed by atoms with Gasteiger partial charge in [0.15, 0.2) is 5.58 Å². The summed E-state index contributed by atoms with van der Waals surface area (Å²) in [6, 6.07) is 6.49. The highest BCUT2D eigenvalue weighted by Gasteiger charge is 2.08. The number of aromatic nitrogens is 1. The van der Waals surface area contributed by atoms with Gasteiger partial charge in [-0.2, -0.15) is 0 Å². The molecule has 2 aromatic rings. The van der Waals surface area contributed by atoms with Crippen LogP contribution >= 0.6 is 0 Å². The zero-order valence-corrected chi connectivity index (χ0v) is 11.4. The maximum atomic E-state index is 11.4. The Kier molecular flexibility index (Phi) is 3.57. The van der Waals surface area contributed by atoms with Crippen LogP contribution < -0.4 is 5.76 Å². The number of likely N-dealkylation sites (N-methyl/N-ethyl adjacent to an activating group) is 1. The van der Waals surface area contributed by atoms with Crippen LogP contribution in [-0.2, 0) is 13.5 Å². The normalized spacial score (nSPS) is 11.9. The van der Waals surface area contributed by atoms with Crippen LogP contribution in [-0.4, -0.2) is 29.1 Å². The van der Waals surface area contributed by atoms with Crippen molar-refractivity contribution in [3.05, 3.63) is 34.3 Å². The van der Waals surface area contributed by atoms with Gasteiger partial charge in [-0.25, -0.2) is 4.79 Å². The first-order valence-electron chi connectivity index (χ1n) is 6.27. The Hall–Kier alpha value is -1.55. The number of oxazole rings is 1. The van der Waals surface area contributed by atoms with Gasteiger partial charge in [-0.1, -0.05) is 6.07 Å². The van der Waals surface area contributed by atoms with Crippen LogP contribution in [0.5, 0.6) is 0 Å². The van der Waals surface area contributed by atoms with E-state index in [1.54, 1.807) is 11.6 Å². The van der Waals surface area contributed by atoms with Gasteiger partial charge in [0.05, 0.1) is 5.52 Å². The van der Waals surface area contributed by atoms with Gasteiger partial charge in [-0.3, -0.25) is 4.57 Å². The van der Waals surface area contributed by atoms with E-state index < -0.39 is 0 Å². The Balaban J connectivity index is 2.20. The quantitative estimate of drug-likeness (QED) is 0.830. The van der Waals surface area contributed by atoms with Gasteiger partial charge in [-0.15, -0.1) is 0 Å². The maximum Gasteiger partial charge on any atom is 0.419 e. The molecule has 0 aliphatic heterocycles. The maximum absolute atomic E-state index is 11.4. The summed E-state index contributed by atoms with van der Waals surface area (Å²) in [6.07, 6.45) is 0.976. The van der Waals surface area contributed by atoms with Crippen molar-refractivity contribution in [2.24, 2.45) is 7.05 Å². The Morgan fingerprint density at radius 2 is 2.11 bits per heavy atom. The summed E-state index contributed by atoms with van der Waals surface area (Å²) in [6.45, 7) is 5.38. The molecule has 0 unspecified atom stereocenters. The topological polar surface area (TPSA) is 38.4 Å². The third-order valence-corrected chi connectivity index (χ3v) is 3.49. The smallest absolute Gasteiger partial charge is 0.408 e.